The molecule has 0 saturated carbocycles. The summed E-state index contributed by atoms with van der Waals surface area (Å²) in [6, 6.07) is 12.2. The first-order valence-corrected chi connectivity index (χ1v) is 27.0. The van der Waals surface area contributed by atoms with Gasteiger partial charge >= 0.3 is 11.9 Å². The Morgan fingerprint density at radius 3 is 0.905 bits per heavy atom. The van der Waals surface area contributed by atoms with Gasteiger partial charge in [0.05, 0.1) is 0 Å². The normalized spacial score (nSPS) is 11.5. The highest BCUT2D eigenvalue weighted by Gasteiger charge is 2.11. The molecule has 1 N–H and O–H groups in total. The number of hydrogen-bond donors (Lipinski definition) is 1. The van der Waals surface area contributed by atoms with Crippen LogP contribution in [-0.2, 0) is 9.59 Å². The zero-order chi connectivity index (χ0) is 45.1. The molecule has 0 aliphatic rings. The number of rotatable bonds is 44. The summed E-state index contributed by atoms with van der Waals surface area (Å²) in [5.74, 6) is 0.472. The summed E-state index contributed by atoms with van der Waals surface area (Å²) in [5.41, 5.74) is 1.69. The molecule has 0 fully saturated rings. The van der Waals surface area contributed by atoms with Gasteiger partial charge < -0.3 is 14.6 Å². The van der Waals surface area contributed by atoms with Crippen molar-refractivity contribution in [1.29, 1.82) is 0 Å². The van der Waals surface area contributed by atoms with Gasteiger partial charge in [0.2, 0.25) is 0 Å². The van der Waals surface area contributed by atoms with E-state index >= 15 is 0 Å². The number of aromatic hydroxyl groups is 1. The molecule has 63 heavy (non-hydrogen) atoms. The monoisotopic (exact) mass is 873 g/mol. The highest BCUT2D eigenvalue weighted by atomic mass is 16.5. The number of hydrogen-bond acceptors (Lipinski definition) is 5. The van der Waals surface area contributed by atoms with Crippen LogP contribution in [0.15, 0.2) is 42.5 Å². The maximum absolute atomic E-state index is 12.9. The van der Waals surface area contributed by atoms with Crippen molar-refractivity contribution in [2.24, 2.45) is 0 Å². The predicted molar refractivity (Wildman–Crippen MR) is 271 cm³/mol. The molecule has 0 unspecified atom stereocenters. The van der Waals surface area contributed by atoms with Crippen LogP contribution < -0.4 is 9.47 Å². The van der Waals surface area contributed by atoms with E-state index < -0.39 is 0 Å². The summed E-state index contributed by atoms with van der Waals surface area (Å²) >= 11 is 0. The second-order valence-corrected chi connectivity index (χ2v) is 18.8. The van der Waals surface area contributed by atoms with E-state index in [-0.39, 0.29) is 17.7 Å². The minimum atomic E-state index is -0.256. The fourth-order valence-electron chi connectivity index (χ4n) is 8.65. The average molecular weight is 873 g/mol. The van der Waals surface area contributed by atoms with Crippen molar-refractivity contribution < 1.29 is 24.2 Å². The van der Waals surface area contributed by atoms with Crippen LogP contribution in [0.3, 0.4) is 0 Å². The molecule has 2 rings (SSSR count). The first kappa shape index (κ1) is 56.1. The van der Waals surface area contributed by atoms with Crippen LogP contribution in [0.5, 0.6) is 17.2 Å². The minimum absolute atomic E-state index is 0.213. The van der Waals surface area contributed by atoms with E-state index in [1.165, 1.54) is 205 Å². The van der Waals surface area contributed by atoms with Crippen molar-refractivity contribution in [3.63, 3.8) is 0 Å². The SMILES string of the molecule is CCCCCCCCCCCCCCCCCCCCCC(=O)Oc1cc(C=Cc2ccc(O)cc2)cc(OC(=O)CCCCCCCCCCCCCCCCCCCCC)c1. The Kier molecular flexibility index (Phi) is 37.0. The van der Waals surface area contributed by atoms with Crippen molar-refractivity contribution in [2.75, 3.05) is 0 Å². The van der Waals surface area contributed by atoms with Crippen molar-refractivity contribution >= 4 is 24.1 Å². The number of benzene rings is 2. The predicted octanol–water partition coefficient (Wildman–Crippen LogP) is 19.0. The van der Waals surface area contributed by atoms with Crippen molar-refractivity contribution in [2.45, 2.75) is 271 Å². The largest absolute Gasteiger partial charge is 0.508 e. The van der Waals surface area contributed by atoms with E-state index in [1.54, 1.807) is 30.3 Å². The van der Waals surface area contributed by atoms with Gasteiger partial charge in [0, 0.05) is 18.9 Å². The van der Waals surface area contributed by atoms with E-state index in [9.17, 15) is 14.7 Å². The Bertz CT molecular complexity index is 1310. The lowest BCUT2D eigenvalue weighted by Crippen LogP contribution is -2.10. The van der Waals surface area contributed by atoms with Crippen LogP contribution in [0.2, 0.25) is 0 Å². The van der Waals surface area contributed by atoms with Gasteiger partial charge in [-0.25, -0.2) is 0 Å². The number of carbonyl (C=O) groups is 2. The molecular formula is C58H96O5. The number of carbonyl (C=O) groups excluding carboxylic acids is 2. The smallest absolute Gasteiger partial charge is 0.311 e. The lowest BCUT2D eigenvalue weighted by molar-refractivity contribution is -0.135. The Morgan fingerprint density at radius 1 is 0.365 bits per heavy atom. The molecule has 5 heteroatoms. The van der Waals surface area contributed by atoms with Crippen LogP contribution in [0.1, 0.15) is 282 Å². The second-order valence-electron chi connectivity index (χ2n) is 18.8. The van der Waals surface area contributed by atoms with Crippen LogP contribution in [0.4, 0.5) is 0 Å². The molecule has 0 aliphatic heterocycles. The Labute approximate surface area is 388 Å². The first-order valence-electron chi connectivity index (χ1n) is 27.0. The molecule has 0 radical (unpaired) electrons. The van der Waals surface area contributed by atoms with E-state index in [1.807, 2.05) is 24.3 Å². The van der Waals surface area contributed by atoms with Gasteiger partial charge in [-0.3, -0.25) is 9.59 Å². The minimum Gasteiger partial charge on any atom is -0.508 e. The molecule has 0 amide bonds. The zero-order valence-corrected chi connectivity index (χ0v) is 41.1. The molecule has 0 aromatic heterocycles. The Balaban J connectivity index is 1.59. The standard InChI is InChI=1S/C58H96O5/c1-3-5-7-9-11-13-15-17-19-21-23-25-27-29-31-33-35-37-39-41-57(60)62-55-49-53(44-43-52-45-47-54(59)48-46-52)50-56(51-55)63-58(61)42-40-38-36-34-32-30-28-26-24-22-20-18-16-14-12-10-8-6-4-2/h43-51,59H,3-42H2,1-2H3. The van der Waals surface area contributed by atoms with E-state index in [2.05, 4.69) is 13.8 Å². The van der Waals surface area contributed by atoms with Gasteiger partial charge in [0.1, 0.15) is 17.2 Å². The third-order valence-electron chi connectivity index (χ3n) is 12.7. The van der Waals surface area contributed by atoms with E-state index in [0.29, 0.717) is 24.3 Å². The number of esters is 2. The third-order valence-corrected chi connectivity index (χ3v) is 12.7. The van der Waals surface area contributed by atoms with Gasteiger partial charge in [0.25, 0.3) is 0 Å². The molecule has 2 aromatic carbocycles. The van der Waals surface area contributed by atoms with E-state index in [4.69, 9.17) is 9.47 Å². The Hall–Kier alpha value is -3.08. The number of unbranched alkanes of at least 4 members (excludes halogenated alkanes) is 36. The van der Waals surface area contributed by atoms with Crippen molar-refractivity contribution in [1.82, 2.24) is 0 Å². The molecule has 5 nitrogen and oxygen atoms in total. The lowest BCUT2D eigenvalue weighted by Gasteiger charge is -2.10. The fourth-order valence-corrected chi connectivity index (χ4v) is 8.65. The number of ether oxygens (including phenoxy) is 2. The molecule has 0 heterocycles. The highest BCUT2D eigenvalue weighted by molar-refractivity contribution is 5.76. The topological polar surface area (TPSA) is 72.8 Å². The van der Waals surface area contributed by atoms with Crippen molar-refractivity contribution in [3.05, 3.63) is 53.6 Å². The number of phenols is 1. The van der Waals surface area contributed by atoms with Gasteiger partial charge in [-0.15, -0.1) is 0 Å². The molecule has 0 atom stereocenters. The molecule has 358 valence electrons. The maximum atomic E-state index is 12.9. The van der Waals surface area contributed by atoms with Crippen molar-refractivity contribution in [3.8, 4) is 17.2 Å². The molecule has 0 spiro atoms. The average Bonchev–Trinajstić information content (AvgIpc) is 3.27. The molecule has 0 saturated heterocycles. The molecule has 2 aromatic rings. The summed E-state index contributed by atoms with van der Waals surface area (Å²) in [5, 5.41) is 9.66. The van der Waals surface area contributed by atoms with Crippen LogP contribution in [-0.4, -0.2) is 17.0 Å². The van der Waals surface area contributed by atoms with Gasteiger partial charge in [-0.1, -0.05) is 269 Å². The highest BCUT2D eigenvalue weighted by Crippen LogP contribution is 2.27. The first-order chi connectivity index (χ1) is 31.0. The lowest BCUT2D eigenvalue weighted by atomic mass is 10.0. The summed E-state index contributed by atoms with van der Waals surface area (Å²) in [6.07, 6.45) is 54.7. The molecular weight excluding hydrogens is 777 g/mol. The van der Waals surface area contributed by atoms with Gasteiger partial charge in [0.15, 0.2) is 0 Å². The molecule has 0 bridgehead atoms. The number of phenolic OH excluding ortho intramolecular Hbond substituents is 1. The second kappa shape index (κ2) is 41.6. The quantitative estimate of drug-likeness (QED) is 0.0311. The Morgan fingerprint density at radius 2 is 0.619 bits per heavy atom. The summed E-state index contributed by atoms with van der Waals surface area (Å²) in [7, 11) is 0. The summed E-state index contributed by atoms with van der Waals surface area (Å²) < 4.78 is 11.6. The van der Waals surface area contributed by atoms with Gasteiger partial charge in [-0.05, 0) is 48.2 Å². The zero-order valence-electron chi connectivity index (χ0n) is 41.1. The van der Waals surface area contributed by atoms with E-state index in [0.717, 1.165) is 49.7 Å². The maximum Gasteiger partial charge on any atom is 0.311 e. The van der Waals surface area contributed by atoms with Gasteiger partial charge in [-0.2, -0.15) is 0 Å². The van der Waals surface area contributed by atoms with Crippen LogP contribution in [0.25, 0.3) is 12.2 Å². The van der Waals surface area contributed by atoms with Crippen LogP contribution >= 0.6 is 0 Å². The third kappa shape index (κ3) is 34.9. The fraction of sp³-hybridized carbons (Fsp3) is 0.724. The summed E-state index contributed by atoms with van der Waals surface area (Å²) in [4.78, 5) is 25.8. The molecule has 0 aliphatic carbocycles. The summed E-state index contributed by atoms with van der Waals surface area (Å²) in [6.45, 7) is 4.57. The van der Waals surface area contributed by atoms with Crippen LogP contribution in [0, 0.1) is 0 Å².